The molecule has 3 nitrogen and oxygen atoms in total. The minimum Gasteiger partial charge on any atom is -0.396 e. The monoisotopic (exact) mass is 215 g/mol. The molecule has 1 aliphatic rings. The number of likely N-dealkylation sites (tertiary alicyclic amines) is 1. The van der Waals surface area contributed by atoms with Gasteiger partial charge < -0.3 is 15.1 Å². The summed E-state index contributed by atoms with van der Waals surface area (Å²) in [7, 11) is 0. The standard InChI is InChI=1S/C12H25NO2/c1-3-12(2,10-15)9-13-6-4-11(8-14)5-7-13/h11,14-15H,3-10H2,1-2H3. The Kier molecular flexibility index (Phi) is 5.03. The quantitative estimate of drug-likeness (QED) is 0.722. The number of piperidine rings is 1. The zero-order valence-electron chi connectivity index (χ0n) is 10.1. The number of hydrogen-bond donors (Lipinski definition) is 2. The third-order valence-electron chi connectivity index (χ3n) is 3.81. The van der Waals surface area contributed by atoms with Crippen LogP contribution in [-0.4, -0.2) is 48.0 Å². The molecule has 1 heterocycles. The molecule has 90 valence electrons. The van der Waals surface area contributed by atoms with E-state index in [2.05, 4.69) is 18.7 Å². The molecule has 0 aromatic heterocycles. The Bertz CT molecular complexity index is 172. The Balaban J connectivity index is 2.34. The lowest BCUT2D eigenvalue weighted by molar-refractivity contribution is 0.0575. The molecule has 1 rings (SSSR count). The third-order valence-corrected chi connectivity index (χ3v) is 3.81. The van der Waals surface area contributed by atoms with Crippen LogP contribution < -0.4 is 0 Å². The third kappa shape index (κ3) is 3.74. The topological polar surface area (TPSA) is 43.7 Å². The van der Waals surface area contributed by atoms with Gasteiger partial charge in [0.15, 0.2) is 0 Å². The van der Waals surface area contributed by atoms with Gasteiger partial charge in [-0.3, -0.25) is 0 Å². The maximum atomic E-state index is 9.35. The highest BCUT2D eigenvalue weighted by atomic mass is 16.3. The molecular weight excluding hydrogens is 190 g/mol. The molecule has 0 spiro atoms. The summed E-state index contributed by atoms with van der Waals surface area (Å²) >= 11 is 0. The summed E-state index contributed by atoms with van der Waals surface area (Å²) in [5.74, 6) is 0.503. The van der Waals surface area contributed by atoms with Crippen LogP contribution in [0.1, 0.15) is 33.1 Å². The van der Waals surface area contributed by atoms with Crippen LogP contribution in [0.15, 0.2) is 0 Å². The Labute approximate surface area is 93.1 Å². The zero-order chi connectivity index (χ0) is 11.3. The minimum atomic E-state index is 0.0477. The lowest BCUT2D eigenvalue weighted by Crippen LogP contribution is -2.42. The van der Waals surface area contributed by atoms with Crippen molar-refractivity contribution in [2.45, 2.75) is 33.1 Å². The van der Waals surface area contributed by atoms with Gasteiger partial charge in [-0.1, -0.05) is 13.8 Å². The smallest absolute Gasteiger partial charge is 0.0496 e. The first kappa shape index (κ1) is 12.9. The highest BCUT2D eigenvalue weighted by Crippen LogP contribution is 2.25. The average molecular weight is 215 g/mol. The molecule has 0 saturated carbocycles. The lowest BCUT2D eigenvalue weighted by atomic mass is 9.86. The van der Waals surface area contributed by atoms with Crippen LogP contribution in [0.5, 0.6) is 0 Å². The van der Waals surface area contributed by atoms with Crippen molar-refractivity contribution in [1.29, 1.82) is 0 Å². The number of hydrogen-bond acceptors (Lipinski definition) is 3. The summed E-state index contributed by atoms with van der Waals surface area (Å²) in [6.45, 7) is 8.00. The number of aliphatic hydroxyl groups excluding tert-OH is 2. The van der Waals surface area contributed by atoms with Gasteiger partial charge in [-0.05, 0) is 38.3 Å². The van der Waals surface area contributed by atoms with E-state index in [1.165, 1.54) is 0 Å². The molecule has 0 aliphatic carbocycles. The van der Waals surface area contributed by atoms with Gasteiger partial charge in [0.25, 0.3) is 0 Å². The van der Waals surface area contributed by atoms with Crippen LogP contribution in [-0.2, 0) is 0 Å². The molecule has 0 amide bonds. The Morgan fingerprint density at radius 3 is 2.27 bits per heavy atom. The first-order valence-corrected chi connectivity index (χ1v) is 6.07. The average Bonchev–Trinajstić information content (AvgIpc) is 2.30. The fraction of sp³-hybridized carbons (Fsp3) is 1.00. The van der Waals surface area contributed by atoms with Crippen LogP contribution in [0.2, 0.25) is 0 Å². The molecular formula is C12H25NO2. The molecule has 1 unspecified atom stereocenters. The molecule has 15 heavy (non-hydrogen) atoms. The molecule has 0 aromatic rings. The molecule has 1 aliphatic heterocycles. The molecule has 1 fully saturated rings. The van der Waals surface area contributed by atoms with Crippen molar-refractivity contribution in [3.8, 4) is 0 Å². The maximum absolute atomic E-state index is 9.35. The highest BCUT2D eigenvalue weighted by Gasteiger charge is 2.27. The fourth-order valence-corrected chi connectivity index (χ4v) is 2.14. The van der Waals surface area contributed by atoms with Crippen LogP contribution in [0.25, 0.3) is 0 Å². The fourth-order valence-electron chi connectivity index (χ4n) is 2.14. The van der Waals surface area contributed by atoms with E-state index < -0.39 is 0 Å². The van der Waals surface area contributed by atoms with E-state index in [1.807, 2.05) is 0 Å². The lowest BCUT2D eigenvalue weighted by Gasteiger charge is -2.37. The van der Waals surface area contributed by atoms with E-state index in [0.717, 1.165) is 38.9 Å². The van der Waals surface area contributed by atoms with Crippen LogP contribution in [0.3, 0.4) is 0 Å². The van der Waals surface area contributed by atoms with Crippen molar-refractivity contribution in [3.05, 3.63) is 0 Å². The second-order valence-corrected chi connectivity index (χ2v) is 5.22. The van der Waals surface area contributed by atoms with Gasteiger partial charge in [-0.15, -0.1) is 0 Å². The van der Waals surface area contributed by atoms with Crippen molar-refractivity contribution in [1.82, 2.24) is 4.90 Å². The summed E-state index contributed by atoms with van der Waals surface area (Å²) in [6, 6.07) is 0. The second kappa shape index (κ2) is 5.83. The molecule has 2 N–H and O–H groups in total. The number of aliphatic hydroxyl groups is 2. The van der Waals surface area contributed by atoms with Crippen molar-refractivity contribution in [2.24, 2.45) is 11.3 Å². The van der Waals surface area contributed by atoms with Crippen molar-refractivity contribution < 1.29 is 10.2 Å². The molecule has 0 radical (unpaired) electrons. The van der Waals surface area contributed by atoms with Crippen molar-refractivity contribution >= 4 is 0 Å². The summed E-state index contributed by atoms with van der Waals surface area (Å²) in [6.07, 6.45) is 3.22. The van der Waals surface area contributed by atoms with Crippen LogP contribution in [0.4, 0.5) is 0 Å². The number of nitrogens with zero attached hydrogens (tertiary/aromatic N) is 1. The predicted molar refractivity (Wildman–Crippen MR) is 61.7 cm³/mol. The second-order valence-electron chi connectivity index (χ2n) is 5.22. The van der Waals surface area contributed by atoms with Gasteiger partial charge in [-0.2, -0.15) is 0 Å². The van der Waals surface area contributed by atoms with Gasteiger partial charge in [0.2, 0.25) is 0 Å². The number of rotatable bonds is 5. The largest absolute Gasteiger partial charge is 0.396 e. The minimum absolute atomic E-state index is 0.0477. The van der Waals surface area contributed by atoms with E-state index in [-0.39, 0.29) is 12.0 Å². The summed E-state index contributed by atoms with van der Waals surface area (Å²) in [5, 5.41) is 18.4. The van der Waals surface area contributed by atoms with Crippen LogP contribution in [0, 0.1) is 11.3 Å². The first-order valence-electron chi connectivity index (χ1n) is 6.07. The Hall–Kier alpha value is -0.120. The molecule has 1 saturated heterocycles. The molecule has 0 aromatic carbocycles. The Morgan fingerprint density at radius 1 is 1.27 bits per heavy atom. The van der Waals surface area contributed by atoms with E-state index in [0.29, 0.717) is 12.5 Å². The van der Waals surface area contributed by atoms with Crippen LogP contribution >= 0.6 is 0 Å². The first-order chi connectivity index (χ1) is 7.13. The van der Waals surface area contributed by atoms with Gasteiger partial charge in [0.1, 0.15) is 0 Å². The van der Waals surface area contributed by atoms with E-state index in [9.17, 15) is 5.11 Å². The maximum Gasteiger partial charge on any atom is 0.0496 e. The summed E-state index contributed by atoms with van der Waals surface area (Å²) in [5.41, 5.74) is 0.0477. The molecule has 3 heteroatoms. The van der Waals surface area contributed by atoms with Gasteiger partial charge in [0.05, 0.1) is 0 Å². The van der Waals surface area contributed by atoms with E-state index in [4.69, 9.17) is 5.11 Å². The zero-order valence-corrected chi connectivity index (χ0v) is 10.1. The van der Waals surface area contributed by atoms with Gasteiger partial charge in [-0.25, -0.2) is 0 Å². The van der Waals surface area contributed by atoms with E-state index >= 15 is 0 Å². The normalized spacial score (nSPS) is 24.0. The van der Waals surface area contributed by atoms with Gasteiger partial charge in [0, 0.05) is 25.2 Å². The Morgan fingerprint density at radius 2 is 1.87 bits per heavy atom. The van der Waals surface area contributed by atoms with E-state index in [1.54, 1.807) is 0 Å². The SMILES string of the molecule is CCC(C)(CO)CN1CCC(CO)CC1. The predicted octanol–water partition coefficient (Wildman–Crippen LogP) is 1.10. The highest BCUT2D eigenvalue weighted by molar-refractivity contribution is 4.80. The molecule has 0 bridgehead atoms. The van der Waals surface area contributed by atoms with Gasteiger partial charge >= 0.3 is 0 Å². The summed E-state index contributed by atoms with van der Waals surface area (Å²) in [4.78, 5) is 2.42. The molecule has 1 atom stereocenters. The van der Waals surface area contributed by atoms with Crippen molar-refractivity contribution in [3.63, 3.8) is 0 Å². The van der Waals surface area contributed by atoms with Crippen molar-refractivity contribution in [2.75, 3.05) is 32.8 Å². The summed E-state index contributed by atoms with van der Waals surface area (Å²) < 4.78 is 0.